The fraction of sp³-hybridized carbons (Fsp3) is 0.188. The average Bonchev–Trinajstić information content (AvgIpc) is 2.47. The summed E-state index contributed by atoms with van der Waals surface area (Å²) in [5.74, 6) is 0.723. The van der Waals surface area contributed by atoms with Gasteiger partial charge in [0.1, 0.15) is 12.4 Å². The zero-order valence-electron chi connectivity index (χ0n) is 11.6. The third-order valence-electron chi connectivity index (χ3n) is 2.95. The highest BCUT2D eigenvalue weighted by atomic mass is 79.9. The van der Waals surface area contributed by atoms with E-state index in [1.165, 1.54) is 0 Å². The van der Waals surface area contributed by atoms with Gasteiger partial charge >= 0.3 is 0 Å². The predicted molar refractivity (Wildman–Crippen MR) is 88.0 cm³/mol. The van der Waals surface area contributed by atoms with Gasteiger partial charge in [-0.15, -0.1) is 0 Å². The normalized spacial score (nSPS) is 10.2. The molecule has 0 aliphatic rings. The summed E-state index contributed by atoms with van der Waals surface area (Å²) in [6, 6.07) is 14.7. The topological polar surface area (TPSA) is 29.5 Å². The van der Waals surface area contributed by atoms with Crippen LogP contribution in [0.25, 0.3) is 0 Å². The molecule has 0 fully saturated rings. The predicted octanol–water partition coefficient (Wildman–Crippen LogP) is 4.25. The molecule has 21 heavy (non-hydrogen) atoms. The number of carbonyl (C=O) groups excluding carboxylic acids is 1. The van der Waals surface area contributed by atoms with E-state index in [2.05, 4.69) is 15.9 Å². The number of carbonyl (C=O) groups is 1. The maximum absolute atomic E-state index is 12.3. The fourth-order valence-electron chi connectivity index (χ4n) is 1.79. The second-order valence-electron chi connectivity index (χ2n) is 4.51. The molecule has 0 saturated heterocycles. The molecule has 0 aromatic heterocycles. The molecule has 0 aliphatic carbocycles. The van der Waals surface area contributed by atoms with E-state index in [9.17, 15) is 4.79 Å². The van der Waals surface area contributed by atoms with Crippen LogP contribution in [0, 0.1) is 0 Å². The van der Waals surface area contributed by atoms with E-state index in [4.69, 9.17) is 16.3 Å². The van der Waals surface area contributed by atoms with Crippen molar-refractivity contribution in [3.05, 3.63) is 63.6 Å². The largest absolute Gasteiger partial charge is 0.492 e. The van der Waals surface area contributed by atoms with Crippen LogP contribution in [0.1, 0.15) is 10.4 Å². The molecule has 0 atom stereocenters. The van der Waals surface area contributed by atoms with E-state index >= 15 is 0 Å². The molecule has 0 bridgehead atoms. The molecular formula is C16H15BrClNO2. The summed E-state index contributed by atoms with van der Waals surface area (Å²) in [6.45, 7) is 0.945. The highest BCUT2D eigenvalue weighted by Crippen LogP contribution is 2.22. The third-order valence-corrected chi connectivity index (χ3v) is 3.84. The Kier molecular flexibility index (Phi) is 5.65. The van der Waals surface area contributed by atoms with Crippen molar-refractivity contribution in [2.75, 3.05) is 20.2 Å². The lowest BCUT2D eigenvalue weighted by molar-refractivity contribution is 0.0773. The molecule has 0 saturated carbocycles. The number of hydrogen-bond acceptors (Lipinski definition) is 2. The Balaban J connectivity index is 1.90. The van der Waals surface area contributed by atoms with Gasteiger partial charge in [-0.3, -0.25) is 4.79 Å². The number of benzene rings is 2. The van der Waals surface area contributed by atoms with Gasteiger partial charge < -0.3 is 9.64 Å². The van der Waals surface area contributed by atoms with Crippen molar-refractivity contribution < 1.29 is 9.53 Å². The number of ether oxygens (including phenoxy) is 1. The van der Waals surface area contributed by atoms with Gasteiger partial charge in [0.05, 0.1) is 12.1 Å². The lowest BCUT2D eigenvalue weighted by atomic mass is 10.2. The smallest absolute Gasteiger partial charge is 0.254 e. The molecule has 2 aromatic rings. The summed E-state index contributed by atoms with van der Waals surface area (Å²) in [6.07, 6.45) is 0. The van der Waals surface area contributed by atoms with E-state index in [1.54, 1.807) is 30.1 Å². The Morgan fingerprint density at radius 2 is 1.95 bits per heavy atom. The number of para-hydroxylation sites is 1. The number of likely N-dealkylation sites (N-methyl/N-ethyl adjacent to an activating group) is 1. The molecule has 0 aliphatic heterocycles. The van der Waals surface area contributed by atoms with Crippen LogP contribution in [0.4, 0.5) is 0 Å². The molecule has 5 heteroatoms. The minimum absolute atomic E-state index is 0.0739. The van der Waals surface area contributed by atoms with Crippen molar-refractivity contribution >= 4 is 33.4 Å². The Morgan fingerprint density at radius 1 is 1.24 bits per heavy atom. The molecule has 110 valence electrons. The fourth-order valence-corrected chi connectivity index (χ4v) is 2.64. The summed E-state index contributed by atoms with van der Waals surface area (Å²) in [5.41, 5.74) is 0.585. The first-order valence-electron chi connectivity index (χ1n) is 6.46. The first-order valence-corrected chi connectivity index (χ1v) is 7.63. The summed E-state index contributed by atoms with van der Waals surface area (Å²) >= 11 is 9.24. The van der Waals surface area contributed by atoms with E-state index in [1.807, 2.05) is 30.3 Å². The van der Waals surface area contributed by atoms with E-state index < -0.39 is 0 Å². The first kappa shape index (κ1) is 15.9. The Morgan fingerprint density at radius 3 is 2.62 bits per heavy atom. The minimum Gasteiger partial charge on any atom is -0.492 e. The van der Waals surface area contributed by atoms with Crippen LogP contribution < -0.4 is 4.74 Å². The molecule has 3 nitrogen and oxygen atoms in total. The molecule has 0 unspecified atom stereocenters. The molecule has 2 rings (SSSR count). The Labute approximate surface area is 137 Å². The summed E-state index contributed by atoms with van der Waals surface area (Å²) in [7, 11) is 1.75. The SMILES string of the molecule is CN(CCOc1ccccc1)C(=O)c1ccc(Cl)cc1Br. The summed E-state index contributed by atoms with van der Waals surface area (Å²) in [5, 5.41) is 0.591. The van der Waals surface area contributed by atoms with Gasteiger partial charge in [0.25, 0.3) is 5.91 Å². The monoisotopic (exact) mass is 367 g/mol. The van der Waals surface area contributed by atoms with E-state index in [-0.39, 0.29) is 5.91 Å². The Hall–Kier alpha value is -1.52. The van der Waals surface area contributed by atoms with E-state index in [0.29, 0.717) is 28.2 Å². The van der Waals surface area contributed by atoms with Crippen molar-refractivity contribution in [3.8, 4) is 5.75 Å². The summed E-state index contributed by atoms with van der Waals surface area (Å²) < 4.78 is 6.28. The number of amides is 1. The van der Waals surface area contributed by atoms with Gasteiger partial charge in [-0.05, 0) is 46.3 Å². The zero-order valence-corrected chi connectivity index (χ0v) is 13.9. The van der Waals surface area contributed by atoms with Crippen molar-refractivity contribution in [1.82, 2.24) is 4.90 Å². The van der Waals surface area contributed by atoms with Crippen molar-refractivity contribution in [2.24, 2.45) is 0 Å². The lowest BCUT2D eigenvalue weighted by Gasteiger charge is -2.18. The minimum atomic E-state index is -0.0739. The molecule has 0 heterocycles. The second kappa shape index (κ2) is 7.48. The molecule has 2 aromatic carbocycles. The molecule has 0 spiro atoms. The van der Waals surface area contributed by atoms with Crippen molar-refractivity contribution in [3.63, 3.8) is 0 Å². The molecule has 0 radical (unpaired) electrons. The number of halogens is 2. The highest BCUT2D eigenvalue weighted by Gasteiger charge is 2.14. The zero-order chi connectivity index (χ0) is 15.2. The number of hydrogen-bond donors (Lipinski definition) is 0. The molecule has 1 amide bonds. The average molecular weight is 369 g/mol. The van der Waals surface area contributed by atoms with Crippen LogP contribution in [-0.2, 0) is 0 Å². The van der Waals surface area contributed by atoms with Crippen molar-refractivity contribution in [2.45, 2.75) is 0 Å². The standard InChI is InChI=1S/C16H15BrClNO2/c1-19(9-10-21-13-5-3-2-4-6-13)16(20)14-8-7-12(18)11-15(14)17/h2-8,11H,9-10H2,1H3. The quantitative estimate of drug-likeness (QED) is 0.789. The van der Waals surface area contributed by atoms with Crippen LogP contribution in [-0.4, -0.2) is 31.0 Å². The Bertz CT molecular complexity index is 619. The maximum Gasteiger partial charge on any atom is 0.254 e. The van der Waals surface area contributed by atoms with E-state index in [0.717, 1.165) is 5.75 Å². The number of rotatable bonds is 5. The highest BCUT2D eigenvalue weighted by molar-refractivity contribution is 9.10. The first-order chi connectivity index (χ1) is 10.1. The summed E-state index contributed by atoms with van der Waals surface area (Å²) in [4.78, 5) is 13.9. The third kappa shape index (κ3) is 4.48. The van der Waals surface area contributed by atoms with Crippen molar-refractivity contribution in [1.29, 1.82) is 0 Å². The number of nitrogens with zero attached hydrogens (tertiary/aromatic N) is 1. The lowest BCUT2D eigenvalue weighted by Crippen LogP contribution is -2.31. The van der Waals surface area contributed by atoms with Crippen LogP contribution in [0.3, 0.4) is 0 Å². The second-order valence-corrected chi connectivity index (χ2v) is 5.80. The van der Waals surface area contributed by atoms with Gasteiger partial charge in [-0.25, -0.2) is 0 Å². The van der Waals surface area contributed by atoms with Gasteiger partial charge in [-0.2, -0.15) is 0 Å². The van der Waals surface area contributed by atoms with Gasteiger partial charge in [0, 0.05) is 16.5 Å². The van der Waals surface area contributed by atoms with Crippen LogP contribution in [0.15, 0.2) is 53.0 Å². The van der Waals surface area contributed by atoms with Crippen LogP contribution >= 0.6 is 27.5 Å². The van der Waals surface area contributed by atoms with Gasteiger partial charge in [0.15, 0.2) is 0 Å². The molecular weight excluding hydrogens is 354 g/mol. The van der Waals surface area contributed by atoms with Gasteiger partial charge in [0.2, 0.25) is 0 Å². The van der Waals surface area contributed by atoms with Crippen LogP contribution in [0.2, 0.25) is 5.02 Å². The maximum atomic E-state index is 12.3. The van der Waals surface area contributed by atoms with Gasteiger partial charge in [-0.1, -0.05) is 29.8 Å². The van der Waals surface area contributed by atoms with Crippen LogP contribution in [0.5, 0.6) is 5.75 Å². The molecule has 0 N–H and O–H groups in total.